The fourth-order valence-electron chi connectivity index (χ4n) is 3.76. The molecule has 35 heavy (non-hydrogen) atoms. The fourth-order valence-corrected chi connectivity index (χ4v) is 7.04. The second-order valence-corrected chi connectivity index (χ2v) is 11.8. The van der Waals surface area contributed by atoms with Crippen LogP contribution < -0.4 is 16.0 Å². The molecule has 2 aliphatic rings. The van der Waals surface area contributed by atoms with E-state index in [1.54, 1.807) is 27.8 Å². The molecule has 1 aromatic rings. The lowest BCUT2D eigenvalue weighted by atomic mass is 10.0. The number of amides is 3. The molecule has 2 saturated heterocycles. The van der Waals surface area contributed by atoms with Gasteiger partial charge in [-0.25, -0.2) is 9.78 Å². The number of urea groups is 1. The molecule has 2 aliphatic heterocycles. The number of ether oxygens (including phenoxy) is 3. The largest absolute Gasteiger partial charge is 0.378 e. The molecule has 1 aromatic heterocycles. The highest BCUT2D eigenvalue weighted by atomic mass is 33.1. The molecular weight excluding hydrogens is 508 g/mol. The summed E-state index contributed by atoms with van der Waals surface area (Å²) in [6.45, 7) is 3.79. The van der Waals surface area contributed by atoms with Crippen LogP contribution in [0.3, 0.4) is 0 Å². The van der Waals surface area contributed by atoms with Gasteiger partial charge in [-0.05, 0) is 35.8 Å². The third-order valence-corrected chi connectivity index (χ3v) is 9.22. The zero-order valence-corrected chi connectivity index (χ0v) is 22.4. The molecule has 3 atom stereocenters. The molecule has 0 aliphatic carbocycles. The van der Waals surface area contributed by atoms with Crippen molar-refractivity contribution in [2.75, 3.05) is 57.7 Å². The van der Waals surface area contributed by atoms with E-state index < -0.39 is 0 Å². The summed E-state index contributed by atoms with van der Waals surface area (Å²) in [6.07, 6.45) is 5.20. The fraction of sp³-hybridized carbons (Fsp3) is 0.696. The van der Waals surface area contributed by atoms with Crippen molar-refractivity contribution in [1.29, 1.82) is 0 Å². The van der Waals surface area contributed by atoms with Crippen LogP contribution in [0, 0.1) is 0 Å². The van der Waals surface area contributed by atoms with E-state index in [9.17, 15) is 9.59 Å². The zero-order valence-electron chi connectivity index (χ0n) is 19.9. The Labute approximate surface area is 219 Å². The summed E-state index contributed by atoms with van der Waals surface area (Å²) in [4.78, 5) is 27.6. The summed E-state index contributed by atoms with van der Waals surface area (Å²) in [7, 11) is 3.38. The molecule has 0 bridgehead atoms. The standard InChI is InChI=1S/C23H36N4O5S3/c28-20(6-2-1-5-19-22-18(17-33-19)26-23(29)27-22)24-9-10-30-11-12-31-13-14-32-15-16-34-35-21-7-3-4-8-25-21/h3-4,7-8,18-19,22H,1-2,5-6,9-17H2,(H,24,28)(H2,26,27,29)/t18-,19-,22-/m0/s1. The minimum Gasteiger partial charge on any atom is -0.378 e. The van der Waals surface area contributed by atoms with Crippen molar-refractivity contribution in [3.05, 3.63) is 24.4 Å². The highest BCUT2D eigenvalue weighted by Crippen LogP contribution is 2.33. The Bertz CT molecular complexity index is 749. The molecule has 3 rings (SSSR count). The predicted octanol–water partition coefficient (Wildman–Crippen LogP) is 2.71. The van der Waals surface area contributed by atoms with Crippen molar-refractivity contribution >= 4 is 45.3 Å². The van der Waals surface area contributed by atoms with Crippen molar-refractivity contribution in [3.8, 4) is 0 Å². The van der Waals surface area contributed by atoms with Gasteiger partial charge in [-0.2, -0.15) is 11.8 Å². The van der Waals surface area contributed by atoms with Crippen LogP contribution >= 0.6 is 33.3 Å². The average molecular weight is 545 g/mol. The maximum absolute atomic E-state index is 12.0. The Morgan fingerprint density at radius 1 is 1.09 bits per heavy atom. The van der Waals surface area contributed by atoms with Crippen LogP contribution in [0.5, 0.6) is 0 Å². The number of hydrogen-bond donors (Lipinski definition) is 3. The number of carbonyl (C=O) groups excluding carboxylic acids is 2. The van der Waals surface area contributed by atoms with Crippen LogP contribution in [0.25, 0.3) is 0 Å². The minimum absolute atomic E-state index is 0.0509. The molecule has 0 spiro atoms. The Balaban J connectivity index is 1.02. The normalized spacial score (nSPS) is 20.9. The summed E-state index contributed by atoms with van der Waals surface area (Å²) in [5, 5.41) is 10.3. The van der Waals surface area contributed by atoms with Crippen molar-refractivity contribution in [1.82, 2.24) is 20.9 Å². The summed E-state index contributed by atoms with van der Waals surface area (Å²) in [5.74, 6) is 1.93. The number of carbonyl (C=O) groups is 2. The highest BCUT2D eigenvalue weighted by molar-refractivity contribution is 8.76. The number of rotatable bonds is 19. The van der Waals surface area contributed by atoms with Crippen LogP contribution in [0.4, 0.5) is 4.79 Å². The van der Waals surface area contributed by atoms with E-state index in [0.717, 1.165) is 35.8 Å². The lowest BCUT2D eigenvalue weighted by molar-refractivity contribution is -0.121. The van der Waals surface area contributed by atoms with Crippen molar-refractivity contribution in [3.63, 3.8) is 0 Å². The van der Waals surface area contributed by atoms with E-state index in [1.165, 1.54) is 0 Å². The number of unbranched alkanes of at least 4 members (excludes halogenated alkanes) is 1. The summed E-state index contributed by atoms with van der Waals surface area (Å²) in [6, 6.07) is 6.33. The van der Waals surface area contributed by atoms with Gasteiger partial charge in [0.05, 0.1) is 51.7 Å². The topological polar surface area (TPSA) is 111 Å². The van der Waals surface area contributed by atoms with E-state index in [-0.39, 0.29) is 24.0 Å². The third kappa shape index (κ3) is 11.6. The van der Waals surface area contributed by atoms with Crippen LogP contribution in [0.2, 0.25) is 0 Å². The number of thioether (sulfide) groups is 1. The SMILES string of the molecule is O=C(CCCC[C@@H]1SC[C@@H]2NC(=O)N[C@@H]21)NCCOCCOCCOCCSSc1ccccn1. The third-order valence-electron chi connectivity index (χ3n) is 5.49. The van der Waals surface area contributed by atoms with Crippen LogP contribution in [0.1, 0.15) is 25.7 Å². The Morgan fingerprint density at radius 2 is 1.89 bits per heavy atom. The number of nitrogens with one attached hydrogen (secondary N) is 3. The molecule has 196 valence electrons. The van der Waals surface area contributed by atoms with E-state index in [4.69, 9.17) is 14.2 Å². The van der Waals surface area contributed by atoms with Crippen LogP contribution in [-0.2, 0) is 19.0 Å². The van der Waals surface area contributed by atoms with Gasteiger partial charge in [0, 0.05) is 35.9 Å². The van der Waals surface area contributed by atoms with E-state index >= 15 is 0 Å². The van der Waals surface area contributed by atoms with Gasteiger partial charge in [-0.3, -0.25) is 4.79 Å². The first-order chi connectivity index (χ1) is 17.2. The Kier molecular flexibility index (Phi) is 14.0. The highest BCUT2D eigenvalue weighted by Gasteiger charge is 2.42. The van der Waals surface area contributed by atoms with Gasteiger partial charge in [0.2, 0.25) is 5.91 Å². The second-order valence-electron chi connectivity index (χ2n) is 8.13. The quantitative estimate of drug-likeness (QED) is 0.138. The van der Waals surface area contributed by atoms with Crippen molar-refractivity contribution in [2.45, 2.75) is 48.0 Å². The molecule has 9 nitrogen and oxygen atoms in total. The molecule has 3 heterocycles. The van der Waals surface area contributed by atoms with Crippen LogP contribution in [-0.4, -0.2) is 91.9 Å². The molecule has 0 saturated carbocycles. The molecule has 0 aromatic carbocycles. The maximum Gasteiger partial charge on any atom is 0.315 e. The molecule has 0 unspecified atom stereocenters. The van der Waals surface area contributed by atoms with E-state index in [2.05, 4.69) is 20.9 Å². The summed E-state index contributed by atoms with van der Waals surface area (Å²) < 4.78 is 16.5. The van der Waals surface area contributed by atoms with Gasteiger partial charge in [0.25, 0.3) is 0 Å². The lowest BCUT2D eigenvalue weighted by Gasteiger charge is -2.16. The first-order valence-corrected chi connectivity index (χ1v) is 15.5. The molecule has 3 N–H and O–H groups in total. The number of pyridine rings is 1. The number of hydrogen-bond acceptors (Lipinski definition) is 9. The first-order valence-electron chi connectivity index (χ1n) is 12.1. The van der Waals surface area contributed by atoms with Crippen LogP contribution in [0.15, 0.2) is 29.4 Å². The number of fused-ring (bicyclic) bond motifs is 1. The van der Waals surface area contributed by atoms with Gasteiger partial charge in [0.15, 0.2) is 0 Å². The average Bonchev–Trinajstić information content (AvgIpc) is 3.42. The first kappa shape index (κ1) is 28.4. The Morgan fingerprint density at radius 3 is 2.69 bits per heavy atom. The summed E-state index contributed by atoms with van der Waals surface area (Å²) in [5.41, 5.74) is 0. The minimum atomic E-state index is -0.0509. The molecule has 0 radical (unpaired) electrons. The number of nitrogens with zero attached hydrogens (tertiary/aromatic N) is 1. The van der Waals surface area contributed by atoms with Gasteiger partial charge in [0.1, 0.15) is 5.03 Å². The van der Waals surface area contributed by atoms with Gasteiger partial charge < -0.3 is 30.2 Å². The summed E-state index contributed by atoms with van der Waals surface area (Å²) >= 11 is 1.91. The lowest BCUT2D eigenvalue weighted by Crippen LogP contribution is -2.36. The molecular formula is C23H36N4O5S3. The molecule has 2 fully saturated rings. The smallest absolute Gasteiger partial charge is 0.315 e. The molecule has 12 heteroatoms. The van der Waals surface area contributed by atoms with Crippen molar-refractivity contribution < 1.29 is 23.8 Å². The van der Waals surface area contributed by atoms with Gasteiger partial charge in [-0.15, -0.1) is 0 Å². The predicted molar refractivity (Wildman–Crippen MR) is 142 cm³/mol. The monoisotopic (exact) mass is 544 g/mol. The second kappa shape index (κ2) is 17.3. The van der Waals surface area contributed by atoms with Crippen molar-refractivity contribution in [2.24, 2.45) is 0 Å². The molecule has 3 amide bonds. The van der Waals surface area contributed by atoms with E-state index in [1.807, 2.05) is 30.0 Å². The Hall–Kier alpha value is -1.18. The maximum atomic E-state index is 12.0. The van der Waals surface area contributed by atoms with Gasteiger partial charge >= 0.3 is 6.03 Å². The van der Waals surface area contributed by atoms with E-state index in [0.29, 0.717) is 57.9 Å². The zero-order chi connectivity index (χ0) is 24.6. The number of aromatic nitrogens is 1. The van der Waals surface area contributed by atoms with Gasteiger partial charge in [-0.1, -0.05) is 23.3 Å².